The largest absolute Gasteiger partial charge is 0.584 e. The molecule has 1 N–H and O–H groups in total. The maximum atomic E-state index is 13.8. The van der Waals surface area contributed by atoms with Crippen molar-refractivity contribution in [3.63, 3.8) is 0 Å². The average molecular weight is 539 g/mol. The zero-order chi connectivity index (χ0) is 27.3. The Bertz CT molecular complexity index is 1140. The zero-order valence-corrected chi connectivity index (χ0v) is 25.3. The highest BCUT2D eigenvalue weighted by atomic mass is 31.2. The van der Waals surface area contributed by atoms with Gasteiger partial charge in [-0.3, -0.25) is 4.89 Å². The van der Waals surface area contributed by atoms with Crippen LogP contribution in [0.4, 0.5) is 0 Å². The van der Waals surface area contributed by atoms with E-state index in [1.165, 1.54) is 49.7 Å². The van der Waals surface area contributed by atoms with E-state index in [-0.39, 0.29) is 10.8 Å². The molecule has 2 saturated carbocycles. The van der Waals surface area contributed by atoms with Gasteiger partial charge < -0.3 is 9.05 Å². The number of benzene rings is 2. The quantitative estimate of drug-likeness (QED) is 0.394. The third kappa shape index (κ3) is 5.33. The minimum Gasteiger partial charge on any atom is -0.395 e. The Balaban J connectivity index is 1.74. The van der Waals surface area contributed by atoms with E-state index < -0.39 is 7.82 Å². The summed E-state index contributed by atoms with van der Waals surface area (Å²) < 4.78 is 26.0. The molecule has 0 spiro atoms. The van der Waals surface area contributed by atoms with E-state index in [1.807, 2.05) is 0 Å². The number of hydrogen-bond donors (Lipinski definition) is 1. The van der Waals surface area contributed by atoms with Crippen LogP contribution in [0, 0.1) is 0 Å². The zero-order valence-electron chi connectivity index (χ0n) is 24.4. The van der Waals surface area contributed by atoms with Crippen molar-refractivity contribution < 1.29 is 18.5 Å². The lowest BCUT2D eigenvalue weighted by Crippen LogP contribution is -2.28. The van der Waals surface area contributed by atoms with E-state index in [1.54, 1.807) is 0 Å². The molecule has 0 amide bonds. The first-order valence-electron chi connectivity index (χ1n) is 15.0. The first-order chi connectivity index (χ1) is 17.9. The summed E-state index contributed by atoms with van der Waals surface area (Å²) in [4.78, 5) is 11.3. The van der Waals surface area contributed by atoms with Gasteiger partial charge in [-0.2, -0.15) is 0 Å². The van der Waals surface area contributed by atoms with Crippen molar-refractivity contribution in [2.24, 2.45) is 0 Å². The fourth-order valence-electron chi connectivity index (χ4n) is 7.13. The second kappa shape index (κ2) is 10.3. The Labute approximate surface area is 230 Å². The molecular formula is C33H47O4P. The van der Waals surface area contributed by atoms with Crippen LogP contribution in [0.3, 0.4) is 0 Å². The van der Waals surface area contributed by atoms with Gasteiger partial charge in [-0.15, -0.1) is 0 Å². The summed E-state index contributed by atoms with van der Waals surface area (Å²) in [6, 6.07) is 8.93. The summed E-state index contributed by atoms with van der Waals surface area (Å²) in [6.07, 6.45) is 12.1. The Morgan fingerprint density at radius 3 is 1.39 bits per heavy atom. The third-order valence-electron chi connectivity index (χ3n) is 9.72. The van der Waals surface area contributed by atoms with Gasteiger partial charge in [0.2, 0.25) is 0 Å². The molecule has 3 aliphatic rings. The van der Waals surface area contributed by atoms with Gasteiger partial charge in [0.25, 0.3) is 0 Å². The van der Waals surface area contributed by atoms with Gasteiger partial charge in [-0.25, -0.2) is 4.57 Å². The van der Waals surface area contributed by atoms with E-state index in [4.69, 9.17) is 9.05 Å². The van der Waals surface area contributed by atoms with Gasteiger partial charge in [-0.1, -0.05) is 104 Å². The number of rotatable bonds is 4. The van der Waals surface area contributed by atoms with Crippen LogP contribution in [-0.4, -0.2) is 4.89 Å². The van der Waals surface area contributed by atoms with Crippen LogP contribution in [0.5, 0.6) is 11.5 Å². The van der Waals surface area contributed by atoms with E-state index in [0.29, 0.717) is 29.8 Å². The highest BCUT2D eigenvalue weighted by Gasteiger charge is 2.41. The van der Waals surface area contributed by atoms with Gasteiger partial charge in [0.05, 0.1) is 0 Å². The number of phosphoric acid groups is 1. The highest BCUT2D eigenvalue weighted by molar-refractivity contribution is 7.48. The summed E-state index contributed by atoms with van der Waals surface area (Å²) in [5, 5.41) is 0. The molecule has 0 atom stereocenters. The maximum Gasteiger partial charge on any atom is 0.584 e. The van der Waals surface area contributed by atoms with Gasteiger partial charge in [-0.05, 0) is 70.6 Å². The van der Waals surface area contributed by atoms with E-state index in [9.17, 15) is 9.46 Å². The lowest BCUT2D eigenvalue weighted by Gasteiger charge is -2.39. The number of fused-ring (bicyclic) bond motifs is 2. The Kier molecular flexibility index (Phi) is 7.55. The summed E-state index contributed by atoms with van der Waals surface area (Å²) >= 11 is 0. The summed E-state index contributed by atoms with van der Waals surface area (Å²) in [7, 11) is -4.42. The van der Waals surface area contributed by atoms with Crippen molar-refractivity contribution in [2.75, 3.05) is 0 Å². The Hall–Kier alpha value is -1.77. The van der Waals surface area contributed by atoms with Crippen molar-refractivity contribution in [1.29, 1.82) is 0 Å². The SMILES string of the molecule is CC(C)c1cc2c(c(C3(C)CCCCC3)c1)OP(=O)(O)Oc1c(cc(C(C)C)cc1C1(C)CCCCC1)C2. The van der Waals surface area contributed by atoms with Gasteiger partial charge in [0.15, 0.2) is 0 Å². The van der Waals surface area contributed by atoms with Crippen LogP contribution in [-0.2, 0) is 21.8 Å². The molecule has 0 aromatic heterocycles. The number of hydrogen-bond acceptors (Lipinski definition) is 3. The van der Waals surface area contributed by atoms with E-state index in [0.717, 1.165) is 47.9 Å². The van der Waals surface area contributed by atoms with Crippen LogP contribution in [0.25, 0.3) is 0 Å². The molecule has 208 valence electrons. The van der Waals surface area contributed by atoms with Crippen LogP contribution in [0.2, 0.25) is 0 Å². The molecule has 0 saturated heterocycles. The standard InChI is InChI=1S/C33H47O4P/c1-22(2)24-17-26-19-27-18-25(23(3)4)21-29(33(6)15-11-8-12-16-33)31(27)37-38(34,35)36-30(26)28(20-24)32(5)13-9-7-10-14-32/h17-18,20-23H,7-16,19H2,1-6H3,(H,34,35). The normalized spacial score (nSPS) is 22.0. The molecule has 1 aliphatic heterocycles. The summed E-state index contributed by atoms with van der Waals surface area (Å²) in [5.74, 6) is 1.87. The van der Waals surface area contributed by atoms with Crippen molar-refractivity contribution in [3.8, 4) is 11.5 Å². The van der Waals surface area contributed by atoms with Gasteiger partial charge in [0.1, 0.15) is 11.5 Å². The lowest BCUT2D eigenvalue weighted by atomic mass is 9.69. The Morgan fingerprint density at radius 2 is 1.05 bits per heavy atom. The average Bonchev–Trinajstić information content (AvgIpc) is 2.85. The van der Waals surface area contributed by atoms with Crippen LogP contribution in [0.15, 0.2) is 24.3 Å². The Morgan fingerprint density at radius 1 is 0.684 bits per heavy atom. The molecule has 5 heteroatoms. The van der Waals surface area contributed by atoms with Crippen molar-refractivity contribution in [3.05, 3.63) is 57.6 Å². The summed E-state index contributed by atoms with van der Waals surface area (Å²) in [5.41, 5.74) is 6.58. The van der Waals surface area contributed by atoms with E-state index in [2.05, 4.69) is 65.8 Å². The molecular weight excluding hydrogens is 491 g/mol. The molecule has 2 aliphatic carbocycles. The van der Waals surface area contributed by atoms with Gasteiger partial charge in [0, 0.05) is 17.5 Å². The molecule has 2 aromatic carbocycles. The molecule has 1 heterocycles. The predicted octanol–water partition coefficient (Wildman–Crippen LogP) is 9.84. The first kappa shape index (κ1) is 27.8. The predicted molar refractivity (Wildman–Crippen MR) is 156 cm³/mol. The fourth-order valence-corrected chi connectivity index (χ4v) is 8.06. The van der Waals surface area contributed by atoms with Crippen LogP contribution in [0.1, 0.15) is 151 Å². The van der Waals surface area contributed by atoms with Gasteiger partial charge >= 0.3 is 7.82 Å². The molecule has 2 aromatic rings. The lowest BCUT2D eigenvalue weighted by molar-refractivity contribution is 0.266. The van der Waals surface area contributed by atoms with Crippen molar-refractivity contribution in [1.82, 2.24) is 0 Å². The molecule has 0 unspecified atom stereocenters. The molecule has 4 nitrogen and oxygen atoms in total. The first-order valence-corrected chi connectivity index (χ1v) is 16.5. The minimum absolute atomic E-state index is 0.0736. The third-order valence-corrected chi connectivity index (χ3v) is 10.5. The molecule has 2 fully saturated rings. The minimum atomic E-state index is -4.42. The summed E-state index contributed by atoms with van der Waals surface area (Å²) in [6.45, 7) is 13.5. The van der Waals surface area contributed by atoms with Crippen molar-refractivity contribution >= 4 is 7.82 Å². The monoisotopic (exact) mass is 538 g/mol. The van der Waals surface area contributed by atoms with Crippen LogP contribution < -0.4 is 9.05 Å². The molecule has 38 heavy (non-hydrogen) atoms. The molecule has 5 rings (SSSR count). The second-order valence-corrected chi connectivity index (χ2v) is 14.8. The highest BCUT2D eigenvalue weighted by Crippen LogP contribution is 2.56. The fraction of sp³-hybridized carbons (Fsp3) is 0.636. The van der Waals surface area contributed by atoms with Crippen molar-refractivity contribution in [2.45, 2.75) is 135 Å². The smallest absolute Gasteiger partial charge is 0.395 e. The van der Waals surface area contributed by atoms with E-state index >= 15 is 0 Å². The second-order valence-electron chi connectivity index (χ2n) is 13.5. The maximum absolute atomic E-state index is 13.8. The molecule has 0 bridgehead atoms. The topological polar surface area (TPSA) is 55.8 Å². The van der Waals surface area contributed by atoms with Crippen LogP contribution >= 0.6 is 7.82 Å². The number of phosphoric ester groups is 1. The molecule has 0 radical (unpaired) electrons.